The van der Waals surface area contributed by atoms with Crippen molar-refractivity contribution in [2.75, 3.05) is 37.9 Å². The average molecular weight is 1630 g/mol. The summed E-state index contributed by atoms with van der Waals surface area (Å²) in [6.07, 6.45) is -7.47. The van der Waals surface area contributed by atoms with Crippen LogP contribution in [-0.2, 0) is 99.2 Å². The Kier molecular flexibility index (Phi) is 31.5. The maximum atomic E-state index is 12.2. The maximum Gasteiger partial charge on any atom is 1.00 e. The number of carbonyl (C=O) groups excluding carboxylic acids is 6. The first-order valence-electron chi connectivity index (χ1n) is 33.4. The molecule has 8 fully saturated rings. The van der Waals surface area contributed by atoms with Gasteiger partial charge in [0.1, 0.15) is 80.9 Å². The minimum atomic E-state index is -4.65. The Hall–Kier alpha value is -6.68. The normalized spacial score (nSPS) is 21.7. The predicted molar refractivity (Wildman–Crippen MR) is 363 cm³/mol. The van der Waals surface area contributed by atoms with Crippen LogP contribution in [0.15, 0.2) is 175 Å². The molecule has 6 aromatic rings. The minimum absolute atomic E-state index is 0. The molecule has 4 aliphatic heterocycles. The molecule has 10 unspecified atom stereocenters. The molecular formula is C74H78BrF6NaO20S4. The number of carbonyl (C=O) groups is 6. The number of aryl methyl sites for hydroxylation is 4. The summed E-state index contributed by atoms with van der Waals surface area (Å²) in [5, 5.41) is 0. The van der Waals surface area contributed by atoms with Crippen LogP contribution in [-0.4, -0.2) is 136 Å². The molecule has 14 rings (SSSR count). The Morgan fingerprint density at radius 3 is 1.02 bits per heavy atom. The Bertz CT molecular complexity index is 3830. The smallest absolute Gasteiger partial charge is 1.00 e. The Balaban J connectivity index is 0.000000200. The van der Waals surface area contributed by atoms with E-state index in [2.05, 4.69) is 58.0 Å². The van der Waals surface area contributed by atoms with E-state index in [0.717, 1.165) is 57.7 Å². The van der Waals surface area contributed by atoms with Gasteiger partial charge >= 0.3 is 77.7 Å². The van der Waals surface area contributed by atoms with Crippen LogP contribution < -0.4 is 56.0 Å². The molecule has 10 atom stereocenters. The SMILES string of the molecule is Cc1cc([S+](c2ccccc2)c2ccccc2)cc(C)c1OCC(=O)OCCC(F)(F)F.Cc1cc([S+](c2ccccc2)c2ccccc2)cc(C)c1OCC(=O)OCCC(F)(F)F.O=C(CS(=O)(=O)[O-])OC1C2CC3CC(C2)C(=O)OC1C3.O=C(CS(=O)(=O)[O-])OC1C2CC3CC(C2)C(=O)OC1C3.[Br-].[Na+]. The second kappa shape index (κ2) is 38.6. The van der Waals surface area contributed by atoms with Crippen molar-refractivity contribution in [2.24, 2.45) is 35.5 Å². The van der Waals surface area contributed by atoms with Crippen LogP contribution in [0.5, 0.6) is 11.5 Å². The summed E-state index contributed by atoms with van der Waals surface area (Å²) in [6.45, 7) is 5.25. The molecule has 8 bridgehead atoms. The van der Waals surface area contributed by atoms with Crippen molar-refractivity contribution in [3.63, 3.8) is 0 Å². The molecule has 20 nitrogen and oxygen atoms in total. The summed E-state index contributed by atoms with van der Waals surface area (Å²) in [5.74, 6) is -5.03. The van der Waals surface area contributed by atoms with Gasteiger partial charge in [-0.25, -0.2) is 26.4 Å². The number of rotatable bonds is 22. The molecule has 4 saturated carbocycles. The molecule has 106 heavy (non-hydrogen) atoms. The topological polar surface area (TPSA) is 291 Å². The van der Waals surface area contributed by atoms with Crippen molar-refractivity contribution in [2.45, 2.75) is 158 Å². The zero-order valence-corrected chi connectivity index (χ0v) is 65.2. The number of halogens is 7. The van der Waals surface area contributed by atoms with Gasteiger partial charge in [0.2, 0.25) is 0 Å². The van der Waals surface area contributed by atoms with Crippen molar-refractivity contribution in [1.29, 1.82) is 0 Å². The first kappa shape index (κ1) is 86.6. The third-order valence-electron chi connectivity index (χ3n) is 18.0. The maximum absolute atomic E-state index is 12.2. The first-order valence-corrected chi connectivity index (χ1v) is 39.0. The Morgan fingerprint density at radius 1 is 0.453 bits per heavy atom. The van der Waals surface area contributed by atoms with E-state index in [4.69, 9.17) is 28.4 Å². The van der Waals surface area contributed by atoms with Gasteiger partial charge in [0, 0.05) is 36.1 Å². The summed E-state index contributed by atoms with van der Waals surface area (Å²) >= 11 is 0. The van der Waals surface area contributed by atoms with Crippen molar-refractivity contribution < 1.29 is 165 Å². The van der Waals surface area contributed by atoms with Gasteiger partial charge in [0.25, 0.3) is 0 Å². The Morgan fingerprint density at radius 2 is 0.745 bits per heavy atom. The van der Waals surface area contributed by atoms with Crippen LogP contribution in [0.3, 0.4) is 0 Å². The van der Waals surface area contributed by atoms with E-state index >= 15 is 0 Å². The third-order valence-corrected chi connectivity index (χ3v) is 23.6. The van der Waals surface area contributed by atoms with Crippen LogP contribution in [0, 0.1) is 63.2 Å². The van der Waals surface area contributed by atoms with Crippen molar-refractivity contribution in [1.82, 2.24) is 0 Å². The van der Waals surface area contributed by atoms with Crippen LogP contribution in [0.25, 0.3) is 0 Å². The fourth-order valence-corrected chi connectivity index (χ4v) is 19.2. The van der Waals surface area contributed by atoms with Gasteiger partial charge in [0.15, 0.2) is 42.6 Å². The summed E-state index contributed by atoms with van der Waals surface area (Å²) in [6, 6.07) is 49.0. The van der Waals surface area contributed by atoms with Gasteiger partial charge in [-0.2, -0.15) is 26.3 Å². The molecule has 0 spiro atoms. The number of benzene rings is 6. The molecular weight excluding hydrogens is 1550 g/mol. The molecule has 568 valence electrons. The van der Waals surface area contributed by atoms with Crippen LogP contribution in [0.2, 0.25) is 0 Å². The number of esters is 6. The van der Waals surface area contributed by atoms with Gasteiger partial charge in [-0.15, -0.1) is 0 Å². The van der Waals surface area contributed by atoms with E-state index in [0.29, 0.717) is 49.0 Å². The molecule has 4 saturated heterocycles. The van der Waals surface area contributed by atoms with E-state index in [1.807, 2.05) is 125 Å². The van der Waals surface area contributed by atoms with Crippen molar-refractivity contribution in [3.05, 3.63) is 168 Å². The van der Waals surface area contributed by atoms with Gasteiger partial charge < -0.3 is 64.0 Å². The van der Waals surface area contributed by atoms with E-state index in [1.54, 1.807) is 0 Å². The molecule has 0 radical (unpaired) electrons. The number of hydrogen-bond donors (Lipinski definition) is 0. The van der Waals surface area contributed by atoms with Crippen LogP contribution in [0.4, 0.5) is 26.3 Å². The average Bonchev–Trinajstić information content (AvgIpc) is 1.61. The van der Waals surface area contributed by atoms with Gasteiger partial charge in [-0.3, -0.25) is 19.2 Å². The largest absolute Gasteiger partial charge is 1.00 e. The zero-order chi connectivity index (χ0) is 75.3. The fourth-order valence-electron chi connectivity index (χ4n) is 14.0. The molecule has 4 heterocycles. The molecule has 32 heteroatoms. The molecule has 8 aliphatic rings. The van der Waals surface area contributed by atoms with Crippen molar-refractivity contribution in [3.8, 4) is 11.5 Å². The second-order valence-electron chi connectivity index (χ2n) is 26.2. The molecule has 0 amide bonds. The summed E-state index contributed by atoms with van der Waals surface area (Å²) in [4.78, 5) is 77.1. The van der Waals surface area contributed by atoms with Gasteiger partial charge in [-0.05, 0) is 162 Å². The second-order valence-corrected chi connectivity index (χ2v) is 33.0. The molecule has 6 aromatic carbocycles. The van der Waals surface area contributed by atoms with Gasteiger partial charge in [-0.1, -0.05) is 72.8 Å². The number of fused-ring (bicyclic) bond motifs is 2. The summed E-state index contributed by atoms with van der Waals surface area (Å²) < 4.78 is 178. The Labute approximate surface area is 649 Å². The number of ether oxygens (including phenoxy) is 8. The standard InChI is InChI=1S/2C25H24F3O3S.2C12H16O7S.BrH.Na/c2*1-18-15-22(32(20-9-5-3-6-10-20)21-11-7-4-8-12-21)16-19(2)24(18)31-17-23(29)30-14-13-25(26,27)28;2*13-10(5-20(15,16)17)19-11-7-1-6-2-8(4-7)12(14)18-9(11)3-6;;/h2*3-12,15-16H,13-14,17H2,1-2H3;2*6-9,11H,1-5H2,(H,15,16,17);1H;/q2*+1;;;;+1/p-3. The first-order chi connectivity index (χ1) is 49.1. The summed E-state index contributed by atoms with van der Waals surface area (Å²) in [5.41, 5.74) is 3.36. The van der Waals surface area contributed by atoms with E-state index in [-0.39, 0.29) is 104 Å². The van der Waals surface area contributed by atoms with E-state index in [9.17, 15) is 81.1 Å². The third kappa shape index (κ3) is 25.7. The number of hydrogen-bond acceptors (Lipinski definition) is 20. The number of alkyl halides is 6. The van der Waals surface area contributed by atoms with Crippen LogP contribution in [0.1, 0.15) is 86.5 Å². The zero-order valence-electron chi connectivity index (χ0n) is 58.4. The van der Waals surface area contributed by atoms with Crippen molar-refractivity contribution >= 4 is 77.8 Å². The molecule has 0 N–H and O–H groups in total. The van der Waals surface area contributed by atoms with Gasteiger partial charge in [0.05, 0.1) is 46.5 Å². The van der Waals surface area contributed by atoms with E-state index in [1.165, 1.54) is 19.6 Å². The predicted octanol–water partition coefficient (Wildman–Crippen LogP) is 6.16. The fraction of sp³-hybridized carbons (Fsp3) is 0.432. The molecule has 4 aliphatic carbocycles. The molecule has 0 aromatic heterocycles. The quantitative estimate of drug-likeness (QED) is 0.0183. The van der Waals surface area contributed by atoms with E-state index < -0.39 is 132 Å². The minimum Gasteiger partial charge on any atom is -1.00 e. The monoisotopic (exact) mass is 1630 g/mol. The summed E-state index contributed by atoms with van der Waals surface area (Å²) in [7, 11) is -9.95. The van der Waals surface area contributed by atoms with Crippen LogP contribution >= 0.6 is 0 Å².